The summed E-state index contributed by atoms with van der Waals surface area (Å²) in [6.07, 6.45) is 0.813. The number of amides is 2. The number of halogens is 1. The summed E-state index contributed by atoms with van der Waals surface area (Å²) in [4.78, 5) is 26.9. The van der Waals surface area contributed by atoms with Crippen molar-refractivity contribution in [1.29, 1.82) is 0 Å². The van der Waals surface area contributed by atoms with Crippen LogP contribution in [0, 0.1) is 5.82 Å². The summed E-state index contributed by atoms with van der Waals surface area (Å²) in [5.74, 6) is -1.30. The van der Waals surface area contributed by atoms with E-state index in [2.05, 4.69) is 0 Å². The molecule has 2 aromatic rings. The van der Waals surface area contributed by atoms with Crippen molar-refractivity contribution in [2.75, 3.05) is 18.0 Å². The zero-order chi connectivity index (χ0) is 17.1. The normalized spacial score (nSPS) is 14.8. The predicted octanol–water partition coefficient (Wildman–Crippen LogP) is 3.36. The van der Waals surface area contributed by atoms with Gasteiger partial charge in [-0.3, -0.25) is 4.90 Å². The van der Waals surface area contributed by atoms with Crippen molar-refractivity contribution in [2.24, 2.45) is 0 Å². The lowest BCUT2D eigenvalue weighted by Crippen LogP contribution is -2.49. The van der Waals surface area contributed by atoms with E-state index in [0.29, 0.717) is 25.3 Å². The van der Waals surface area contributed by atoms with Gasteiger partial charge in [-0.25, -0.2) is 14.0 Å². The van der Waals surface area contributed by atoms with Gasteiger partial charge in [0, 0.05) is 25.3 Å². The molecular weight excluding hydrogens is 311 g/mol. The highest BCUT2D eigenvalue weighted by molar-refractivity contribution is 5.94. The Bertz CT molecular complexity index is 744. The van der Waals surface area contributed by atoms with Gasteiger partial charge in [0.15, 0.2) is 0 Å². The minimum atomic E-state index is -0.996. The van der Waals surface area contributed by atoms with Gasteiger partial charge < -0.3 is 10.0 Å². The number of anilines is 1. The average Bonchev–Trinajstić information content (AvgIpc) is 2.59. The first-order valence-corrected chi connectivity index (χ1v) is 7.69. The Morgan fingerprint density at radius 3 is 2.33 bits per heavy atom. The molecule has 2 aromatic carbocycles. The van der Waals surface area contributed by atoms with Crippen molar-refractivity contribution >= 4 is 17.7 Å². The molecule has 1 fully saturated rings. The van der Waals surface area contributed by atoms with E-state index in [1.165, 1.54) is 24.3 Å². The van der Waals surface area contributed by atoms with Gasteiger partial charge in [0.25, 0.3) is 0 Å². The fraction of sp³-hybridized carbons (Fsp3) is 0.222. The Labute approximate surface area is 138 Å². The van der Waals surface area contributed by atoms with Crippen molar-refractivity contribution in [3.63, 3.8) is 0 Å². The molecule has 1 aliphatic heterocycles. The van der Waals surface area contributed by atoms with Gasteiger partial charge in [-0.15, -0.1) is 0 Å². The van der Waals surface area contributed by atoms with Crippen LogP contribution in [0.4, 0.5) is 14.9 Å². The van der Waals surface area contributed by atoms with E-state index < -0.39 is 5.97 Å². The minimum absolute atomic E-state index is 0.131. The van der Waals surface area contributed by atoms with Crippen LogP contribution >= 0.6 is 0 Å². The molecular formula is C18H17FN2O3. The second kappa shape index (κ2) is 6.70. The summed E-state index contributed by atoms with van der Waals surface area (Å²) < 4.78 is 13.0. The number of aromatic carboxylic acids is 1. The molecule has 1 saturated heterocycles. The Morgan fingerprint density at radius 2 is 1.71 bits per heavy atom. The number of carbonyl (C=O) groups is 2. The van der Waals surface area contributed by atoms with Gasteiger partial charge >= 0.3 is 12.0 Å². The lowest BCUT2D eigenvalue weighted by atomic mass is 10.1. The molecule has 3 rings (SSSR count). The summed E-state index contributed by atoms with van der Waals surface area (Å²) in [6.45, 7) is 1.65. The van der Waals surface area contributed by atoms with Crippen LogP contribution in [0.2, 0.25) is 0 Å². The lowest BCUT2D eigenvalue weighted by molar-refractivity contribution is 0.0697. The first kappa shape index (κ1) is 16.0. The summed E-state index contributed by atoms with van der Waals surface area (Å²) >= 11 is 0. The predicted molar refractivity (Wildman–Crippen MR) is 87.6 cm³/mol. The van der Waals surface area contributed by atoms with E-state index in [9.17, 15) is 14.0 Å². The molecule has 5 nitrogen and oxygen atoms in total. The number of nitrogens with zero attached hydrogens (tertiary/aromatic N) is 2. The number of carbonyl (C=O) groups excluding carboxylic acids is 1. The molecule has 1 N–H and O–H groups in total. The van der Waals surface area contributed by atoms with E-state index in [4.69, 9.17) is 5.11 Å². The molecule has 1 aliphatic rings. The monoisotopic (exact) mass is 328 g/mol. The van der Waals surface area contributed by atoms with Crippen LogP contribution in [0.25, 0.3) is 0 Å². The average molecular weight is 328 g/mol. The van der Waals surface area contributed by atoms with Gasteiger partial charge in [0.1, 0.15) is 5.82 Å². The molecule has 0 atom stereocenters. The summed E-state index contributed by atoms with van der Waals surface area (Å²) in [5.41, 5.74) is 1.73. The second-order valence-electron chi connectivity index (χ2n) is 5.69. The number of benzene rings is 2. The molecule has 6 heteroatoms. The second-order valence-corrected chi connectivity index (χ2v) is 5.69. The van der Waals surface area contributed by atoms with Gasteiger partial charge in [0.2, 0.25) is 0 Å². The zero-order valence-electron chi connectivity index (χ0n) is 13.0. The lowest BCUT2D eigenvalue weighted by Gasteiger charge is -2.35. The number of urea groups is 1. The summed E-state index contributed by atoms with van der Waals surface area (Å²) in [7, 11) is 0. The van der Waals surface area contributed by atoms with E-state index >= 15 is 0 Å². The van der Waals surface area contributed by atoms with E-state index in [1.54, 1.807) is 34.1 Å². The molecule has 2 amide bonds. The quantitative estimate of drug-likeness (QED) is 0.936. The number of hydrogen-bond donors (Lipinski definition) is 1. The van der Waals surface area contributed by atoms with Crippen LogP contribution in [0.5, 0.6) is 0 Å². The molecule has 0 bridgehead atoms. The molecule has 0 unspecified atom stereocenters. The van der Waals surface area contributed by atoms with Gasteiger partial charge in [0.05, 0.1) is 5.56 Å². The third-order valence-corrected chi connectivity index (χ3v) is 4.02. The number of carboxylic acid groups (broad SMARTS) is 1. The molecule has 0 spiro atoms. The Balaban J connectivity index is 1.74. The molecule has 0 aliphatic carbocycles. The van der Waals surface area contributed by atoms with E-state index in [1.807, 2.05) is 0 Å². The van der Waals surface area contributed by atoms with Crippen molar-refractivity contribution in [3.05, 3.63) is 65.5 Å². The highest BCUT2D eigenvalue weighted by atomic mass is 19.1. The van der Waals surface area contributed by atoms with Crippen molar-refractivity contribution < 1.29 is 19.1 Å². The van der Waals surface area contributed by atoms with Crippen LogP contribution in [-0.4, -0.2) is 35.1 Å². The van der Waals surface area contributed by atoms with Crippen LogP contribution < -0.4 is 4.90 Å². The van der Waals surface area contributed by atoms with Gasteiger partial charge in [-0.2, -0.15) is 0 Å². The van der Waals surface area contributed by atoms with Gasteiger partial charge in [-0.05, 0) is 48.4 Å². The number of hydrogen-bond acceptors (Lipinski definition) is 2. The maximum absolute atomic E-state index is 13.0. The smallest absolute Gasteiger partial charge is 0.335 e. The maximum Gasteiger partial charge on any atom is 0.335 e. The molecule has 24 heavy (non-hydrogen) atoms. The third-order valence-electron chi connectivity index (χ3n) is 4.02. The standard InChI is InChI=1S/C18H17FN2O3/c19-15-6-2-13(3-7-15)12-20-10-1-11-21(18(20)24)16-8-4-14(5-9-16)17(22)23/h2-9H,1,10-12H2,(H,22,23). The van der Waals surface area contributed by atoms with E-state index in [0.717, 1.165) is 12.0 Å². The summed E-state index contributed by atoms with van der Waals surface area (Å²) in [5, 5.41) is 8.95. The fourth-order valence-electron chi connectivity index (χ4n) is 2.76. The maximum atomic E-state index is 13.0. The Hall–Kier alpha value is -2.89. The highest BCUT2D eigenvalue weighted by Gasteiger charge is 2.26. The molecule has 124 valence electrons. The van der Waals surface area contributed by atoms with Crippen LogP contribution in [0.3, 0.4) is 0 Å². The molecule has 0 aromatic heterocycles. The number of rotatable bonds is 4. The Kier molecular flexibility index (Phi) is 4.46. The summed E-state index contributed by atoms with van der Waals surface area (Å²) in [6, 6.07) is 12.2. The van der Waals surface area contributed by atoms with Crippen molar-refractivity contribution in [3.8, 4) is 0 Å². The highest BCUT2D eigenvalue weighted by Crippen LogP contribution is 2.22. The Morgan fingerprint density at radius 1 is 1.04 bits per heavy atom. The van der Waals surface area contributed by atoms with Crippen LogP contribution in [0.1, 0.15) is 22.3 Å². The third kappa shape index (κ3) is 3.37. The molecule has 1 heterocycles. The minimum Gasteiger partial charge on any atom is -0.478 e. The van der Waals surface area contributed by atoms with Crippen molar-refractivity contribution in [1.82, 2.24) is 4.90 Å². The zero-order valence-corrected chi connectivity index (χ0v) is 13.0. The first-order valence-electron chi connectivity index (χ1n) is 7.69. The number of carboxylic acids is 1. The van der Waals surface area contributed by atoms with Gasteiger partial charge in [-0.1, -0.05) is 12.1 Å². The first-order chi connectivity index (χ1) is 11.5. The van der Waals surface area contributed by atoms with Crippen LogP contribution in [0.15, 0.2) is 48.5 Å². The molecule has 0 radical (unpaired) electrons. The largest absolute Gasteiger partial charge is 0.478 e. The topological polar surface area (TPSA) is 60.9 Å². The fourth-order valence-corrected chi connectivity index (χ4v) is 2.76. The van der Waals surface area contributed by atoms with Crippen LogP contribution in [-0.2, 0) is 6.54 Å². The molecule has 0 saturated carbocycles. The SMILES string of the molecule is O=C(O)c1ccc(N2CCCN(Cc3ccc(F)cc3)C2=O)cc1. The van der Waals surface area contributed by atoms with E-state index in [-0.39, 0.29) is 17.4 Å². The van der Waals surface area contributed by atoms with Crippen molar-refractivity contribution in [2.45, 2.75) is 13.0 Å².